The van der Waals surface area contributed by atoms with E-state index in [1.54, 1.807) is 28.3 Å². The number of β-amino-alcohol motifs (C(OH)–C–C–N with tert-alkyl or cyclic N) is 1. The number of aliphatic hydroxyl groups is 1. The van der Waals surface area contributed by atoms with Crippen LogP contribution in [-0.4, -0.2) is 62.9 Å². The number of rotatable bonds is 4. The number of likely N-dealkylation sites (tertiary alicyclic amines) is 1. The van der Waals surface area contributed by atoms with Gasteiger partial charge in [-0.05, 0) is 11.6 Å². The van der Waals surface area contributed by atoms with Gasteiger partial charge >= 0.3 is 0 Å². The van der Waals surface area contributed by atoms with Crippen molar-refractivity contribution in [3.63, 3.8) is 0 Å². The van der Waals surface area contributed by atoms with Crippen LogP contribution in [0.1, 0.15) is 30.8 Å². The van der Waals surface area contributed by atoms with Gasteiger partial charge in [-0.15, -0.1) is 0 Å². The van der Waals surface area contributed by atoms with Gasteiger partial charge in [0.25, 0.3) is 0 Å². The Bertz CT molecular complexity index is 1450. The van der Waals surface area contributed by atoms with E-state index in [0.717, 1.165) is 39.3 Å². The van der Waals surface area contributed by atoms with Crippen molar-refractivity contribution in [1.29, 1.82) is 0 Å². The van der Waals surface area contributed by atoms with E-state index in [1.807, 2.05) is 40.9 Å². The summed E-state index contributed by atoms with van der Waals surface area (Å²) in [5.41, 5.74) is 5.28. The Balaban J connectivity index is 1.48. The Morgan fingerprint density at radius 3 is 2.70 bits per heavy atom. The first kappa shape index (κ1) is 19.6. The highest BCUT2D eigenvalue weighted by Crippen LogP contribution is 2.36. The number of aromatic amines is 1. The molecule has 0 aliphatic carbocycles. The van der Waals surface area contributed by atoms with Gasteiger partial charge in [0.15, 0.2) is 5.65 Å². The number of carbonyl (C=O) groups is 1. The molecule has 6 rings (SSSR count). The van der Waals surface area contributed by atoms with Crippen molar-refractivity contribution >= 4 is 22.6 Å². The normalized spacial score (nSPS) is 18.5. The molecule has 0 bridgehead atoms. The van der Waals surface area contributed by atoms with Gasteiger partial charge in [0, 0.05) is 31.6 Å². The lowest BCUT2D eigenvalue weighted by molar-refractivity contribution is -0.130. The lowest BCUT2D eigenvalue weighted by Crippen LogP contribution is -2.30. The molecule has 0 saturated carbocycles. The fourth-order valence-electron chi connectivity index (χ4n) is 4.68. The standard InChI is InChI=1S/C23H22N8O2/c1-14(32)29-13-17(33)10-19(29)23-28-21(20-11-25-22-18(31(20)23)6-7-24-22)16-4-2-15(3-5-16)12-30-26-8-9-27-30/h2-9,11,17,19,24,33H,10,12-13H2,1H3/t17-,19-/m1/s1. The highest BCUT2D eigenvalue weighted by Gasteiger charge is 2.37. The predicted molar refractivity (Wildman–Crippen MR) is 120 cm³/mol. The van der Waals surface area contributed by atoms with Crippen LogP contribution in [0, 0.1) is 0 Å². The Kier molecular flexibility index (Phi) is 4.47. The number of amides is 1. The molecule has 2 N–H and O–H groups in total. The van der Waals surface area contributed by atoms with Crippen LogP contribution in [0.4, 0.5) is 0 Å². The van der Waals surface area contributed by atoms with Gasteiger partial charge in [0.05, 0.1) is 54.0 Å². The summed E-state index contributed by atoms with van der Waals surface area (Å²) in [4.78, 5) is 28.4. The van der Waals surface area contributed by atoms with Crippen LogP contribution in [0.2, 0.25) is 0 Å². The van der Waals surface area contributed by atoms with E-state index >= 15 is 0 Å². The van der Waals surface area contributed by atoms with Gasteiger partial charge in [0.2, 0.25) is 5.91 Å². The average Bonchev–Trinajstić information content (AvgIpc) is 3.59. The second kappa shape index (κ2) is 7.52. The first-order valence-corrected chi connectivity index (χ1v) is 10.8. The Morgan fingerprint density at radius 1 is 1.15 bits per heavy atom. The second-order valence-electron chi connectivity index (χ2n) is 8.34. The SMILES string of the molecule is CC(=O)N1C[C@H](O)C[C@@H]1c1nc(-c2ccc(Cn3nccn3)cc2)c2cnc3[nH]ccc3n12. The van der Waals surface area contributed by atoms with Gasteiger partial charge in [0.1, 0.15) is 5.82 Å². The number of imidazole rings is 1. The number of benzene rings is 1. The molecular formula is C23H22N8O2. The molecule has 4 aromatic heterocycles. The third-order valence-corrected chi connectivity index (χ3v) is 6.20. The number of hydrogen-bond acceptors (Lipinski definition) is 6. The first-order chi connectivity index (χ1) is 16.1. The molecule has 1 fully saturated rings. The lowest BCUT2D eigenvalue weighted by atomic mass is 10.1. The Morgan fingerprint density at radius 2 is 1.94 bits per heavy atom. The number of carbonyl (C=O) groups excluding carboxylic acids is 1. The molecule has 0 spiro atoms. The Hall–Kier alpha value is -4.05. The van der Waals surface area contributed by atoms with Gasteiger partial charge in [-0.1, -0.05) is 24.3 Å². The zero-order valence-electron chi connectivity index (χ0n) is 18.0. The molecule has 166 valence electrons. The third-order valence-electron chi connectivity index (χ3n) is 6.20. The van der Waals surface area contributed by atoms with E-state index in [1.165, 1.54) is 6.92 Å². The van der Waals surface area contributed by atoms with Gasteiger partial charge in [-0.2, -0.15) is 15.0 Å². The van der Waals surface area contributed by atoms with Crippen LogP contribution in [0.15, 0.2) is 55.1 Å². The number of aliphatic hydroxyl groups excluding tert-OH is 1. The van der Waals surface area contributed by atoms with Crippen molar-refractivity contribution in [3.05, 3.63) is 66.5 Å². The van der Waals surface area contributed by atoms with Crippen molar-refractivity contribution < 1.29 is 9.90 Å². The fraction of sp³-hybridized carbons (Fsp3) is 0.261. The summed E-state index contributed by atoms with van der Waals surface area (Å²) in [6.07, 6.45) is 6.83. The van der Waals surface area contributed by atoms with Crippen LogP contribution < -0.4 is 0 Å². The van der Waals surface area contributed by atoms with E-state index in [0.29, 0.717) is 19.5 Å². The minimum absolute atomic E-state index is 0.0780. The molecular weight excluding hydrogens is 420 g/mol. The summed E-state index contributed by atoms with van der Waals surface area (Å²) in [5.74, 6) is 0.648. The molecule has 1 amide bonds. The summed E-state index contributed by atoms with van der Waals surface area (Å²) in [7, 11) is 0. The Labute approximate surface area is 188 Å². The number of nitrogens with one attached hydrogen (secondary N) is 1. The molecule has 10 nitrogen and oxygen atoms in total. The number of fused-ring (bicyclic) bond motifs is 3. The van der Waals surface area contributed by atoms with Crippen LogP contribution in [-0.2, 0) is 11.3 Å². The molecule has 5 heterocycles. The average molecular weight is 442 g/mol. The van der Waals surface area contributed by atoms with Gasteiger partial charge < -0.3 is 15.0 Å². The number of aromatic nitrogens is 7. The number of H-pyrrole nitrogens is 1. The van der Waals surface area contributed by atoms with E-state index < -0.39 is 6.10 Å². The maximum Gasteiger partial charge on any atom is 0.220 e. The first-order valence-electron chi connectivity index (χ1n) is 10.8. The van der Waals surface area contributed by atoms with E-state index in [2.05, 4.69) is 20.2 Å². The van der Waals surface area contributed by atoms with E-state index in [-0.39, 0.29) is 11.9 Å². The number of hydrogen-bond donors (Lipinski definition) is 2. The second-order valence-corrected chi connectivity index (χ2v) is 8.34. The third kappa shape index (κ3) is 3.26. The molecule has 1 aliphatic heterocycles. The molecule has 0 unspecified atom stereocenters. The van der Waals surface area contributed by atoms with Crippen molar-refractivity contribution in [2.45, 2.75) is 32.0 Å². The fourth-order valence-corrected chi connectivity index (χ4v) is 4.68. The summed E-state index contributed by atoms with van der Waals surface area (Å²) in [6.45, 7) is 2.42. The molecule has 1 aliphatic rings. The maximum absolute atomic E-state index is 12.3. The van der Waals surface area contributed by atoms with Crippen LogP contribution in [0.3, 0.4) is 0 Å². The van der Waals surface area contributed by atoms with Gasteiger partial charge in [-0.3, -0.25) is 9.20 Å². The molecule has 1 saturated heterocycles. The molecule has 10 heteroatoms. The van der Waals surface area contributed by atoms with Crippen molar-refractivity contribution in [3.8, 4) is 11.3 Å². The molecule has 33 heavy (non-hydrogen) atoms. The minimum atomic E-state index is -0.576. The molecule has 5 aromatic rings. The summed E-state index contributed by atoms with van der Waals surface area (Å²) < 4.78 is 2.05. The summed E-state index contributed by atoms with van der Waals surface area (Å²) in [5, 5.41) is 18.6. The van der Waals surface area contributed by atoms with E-state index in [4.69, 9.17) is 4.98 Å². The molecule has 0 radical (unpaired) electrons. The van der Waals surface area contributed by atoms with Crippen molar-refractivity contribution in [2.24, 2.45) is 0 Å². The summed E-state index contributed by atoms with van der Waals surface area (Å²) in [6, 6.07) is 9.76. The molecule has 1 aromatic carbocycles. The zero-order chi connectivity index (χ0) is 22.5. The van der Waals surface area contributed by atoms with Crippen LogP contribution >= 0.6 is 0 Å². The smallest absolute Gasteiger partial charge is 0.220 e. The summed E-state index contributed by atoms with van der Waals surface area (Å²) >= 11 is 0. The van der Waals surface area contributed by atoms with Crippen molar-refractivity contribution in [1.82, 2.24) is 39.2 Å². The largest absolute Gasteiger partial charge is 0.391 e. The number of nitrogens with zero attached hydrogens (tertiary/aromatic N) is 7. The van der Waals surface area contributed by atoms with Gasteiger partial charge in [-0.25, -0.2) is 9.97 Å². The maximum atomic E-state index is 12.3. The monoisotopic (exact) mass is 442 g/mol. The lowest BCUT2D eigenvalue weighted by Gasteiger charge is -2.22. The van der Waals surface area contributed by atoms with Crippen LogP contribution in [0.25, 0.3) is 27.9 Å². The minimum Gasteiger partial charge on any atom is -0.391 e. The van der Waals surface area contributed by atoms with E-state index in [9.17, 15) is 9.90 Å². The van der Waals surface area contributed by atoms with Crippen LogP contribution in [0.5, 0.6) is 0 Å². The molecule has 2 atom stereocenters. The topological polar surface area (TPSA) is 117 Å². The predicted octanol–water partition coefficient (Wildman–Crippen LogP) is 2.17. The highest BCUT2D eigenvalue weighted by molar-refractivity contribution is 5.84. The highest BCUT2D eigenvalue weighted by atomic mass is 16.3. The van der Waals surface area contributed by atoms with Crippen molar-refractivity contribution in [2.75, 3.05) is 6.54 Å². The zero-order valence-corrected chi connectivity index (χ0v) is 18.0. The quantitative estimate of drug-likeness (QED) is 0.441.